The summed E-state index contributed by atoms with van der Waals surface area (Å²) in [5.41, 5.74) is 2.51. The van der Waals surface area contributed by atoms with Crippen molar-refractivity contribution in [2.24, 2.45) is 0 Å². The molecule has 0 spiro atoms. The normalized spacial score (nSPS) is 11.9. The molecule has 172 valence electrons. The number of nitrogens with one attached hydrogen (secondary N) is 1. The molecule has 0 aliphatic carbocycles. The molecular weight excluding hydrogens is 428 g/mol. The minimum Gasteiger partial charge on any atom is -0.326 e. The molecule has 1 heterocycles. The molecule has 3 aromatic rings. The van der Waals surface area contributed by atoms with Gasteiger partial charge in [-0.3, -0.25) is 13.9 Å². The van der Waals surface area contributed by atoms with Gasteiger partial charge in [-0.2, -0.15) is 4.31 Å². The van der Waals surface area contributed by atoms with E-state index >= 15 is 0 Å². The first-order valence-electron chi connectivity index (χ1n) is 10.8. The van der Waals surface area contributed by atoms with E-state index in [9.17, 15) is 18.0 Å². The van der Waals surface area contributed by atoms with E-state index in [-0.39, 0.29) is 29.5 Å². The van der Waals surface area contributed by atoms with E-state index in [4.69, 9.17) is 0 Å². The lowest BCUT2D eigenvalue weighted by Gasteiger charge is -2.20. The second-order valence-corrected chi connectivity index (χ2v) is 9.44. The number of aryl methyl sites for hydroxylation is 3. The molecule has 0 atom stereocenters. The summed E-state index contributed by atoms with van der Waals surface area (Å²) in [5, 5.41) is 2.77. The van der Waals surface area contributed by atoms with Crippen LogP contribution >= 0.6 is 0 Å². The molecule has 0 saturated heterocycles. The topological polar surface area (TPSA) is 93.4 Å². The molecule has 1 amide bonds. The summed E-state index contributed by atoms with van der Waals surface area (Å²) < 4.78 is 30.5. The molecule has 1 aromatic heterocycles. The van der Waals surface area contributed by atoms with E-state index < -0.39 is 10.0 Å². The van der Waals surface area contributed by atoms with Crippen molar-refractivity contribution in [3.63, 3.8) is 0 Å². The summed E-state index contributed by atoms with van der Waals surface area (Å²) >= 11 is 0. The van der Waals surface area contributed by atoms with Gasteiger partial charge >= 0.3 is 5.69 Å². The largest absolute Gasteiger partial charge is 0.329 e. The number of rotatable bonds is 9. The second-order valence-electron chi connectivity index (χ2n) is 7.53. The van der Waals surface area contributed by atoms with Gasteiger partial charge < -0.3 is 5.32 Å². The van der Waals surface area contributed by atoms with E-state index in [2.05, 4.69) is 5.32 Å². The molecule has 2 aromatic carbocycles. The smallest absolute Gasteiger partial charge is 0.326 e. The van der Waals surface area contributed by atoms with Gasteiger partial charge in [0.05, 0.1) is 15.9 Å². The van der Waals surface area contributed by atoms with Crippen LogP contribution < -0.4 is 11.0 Å². The fraction of sp³-hybridized carbons (Fsp3) is 0.391. The highest BCUT2D eigenvalue weighted by Gasteiger charge is 2.24. The monoisotopic (exact) mass is 458 g/mol. The van der Waals surface area contributed by atoms with Crippen LogP contribution in [-0.4, -0.2) is 40.9 Å². The summed E-state index contributed by atoms with van der Waals surface area (Å²) in [6.07, 6.45) is 0.0869. The number of carbonyl (C=O) groups is 1. The Bertz CT molecular complexity index is 1290. The third-order valence-corrected chi connectivity index (χ3v) is 7.79. The number of hydrogen-bond acceptors (Lipinski definition) is 4. The standard InChI is InChI=1S/C23H30N4O4S/c1-5-25(6-2)32(30,31)21-16-18(13-12-17(21)4)24-22(28)14-15-27-20-11-9-8-10-19(20)26(7-3)23(27)29/h8-13,16H,5-7,14-15H2,1-4H3,(H,24,28). The lowest BCUT2D eigenvalue weighted by molar-refractivity contribution is -0.116. The Labute approximate surface area is 188 Å². The highest BCUT2D eigenvalue weighted by Crippen LogP contribution is 2.24. The Morgan fingerprint density at radius 3 is 2.22 bits per heavy atom. The predicted octanol–water partition coefficient (Wildman–Crippen LogP) is 3.19. The van der Waals surface area contributed by atoms with Crippen LogP contribution in [0.3, 0.4) is 0 Å². The Morgan fingerprint density at radius 2 is 1.62 bits per heavy atom. The van der Waals surface area contributed by atoms with Gasteiger partial charge in [-0.1, -0.05) is 32.0 Å². The maximum atomic E-state index is 12.9. The van der Waals surface area contributed by atoms with Gasteiger partial charge in [0.1, 0.15) is 0 Å². The number of fused-ring (bicyclic) bond motifs is 1. The highest BCUT2D eigenvalue weighted by atomic mass is 32.2. The molecule has 0 aliphatic rings. The van der Waals surface area contributed by atoms with Gasteiger partial charge in [0.2, 0.25) is 15.9 Å². The van der Waals surface area contributed by atoms with E-state index in [0.717, 1.165) is 11.0 Å². The molecule has 9 heteroatoms. The molecule has 32 heavy (non-hydrogen) atoms. The molecular formula is C23H30N4O4S. The Balaban J connectivity index is 1.79. The maximum absolute atomic E-state index is 12.9. The molecule has 0 aliphatic heterocycles. The van der Waals surface area contributed by atoms with Gasteiger partial charge in [0, 0.05) is 38.3 Å². The van der Waals surface area contributed by atoms with E-state index in [1.54, 1.807) is 42.0 Å². The van der Waals surface area contributed by atoms with E-state index in [0.29, 0.717) is 30.9 Å². The third kappa shape index (κ3) is 4.49. The molecule has 0 bridgehead atoms. The minimum absolute atomic E-state index is 0.0869. The lowest BCUT2D eigenvalue weighted by atomic mass is 10.2. The van der Waals surface area contributed by atoms with Crippen LogP contribution in [0.25, 0.3) is 11.0 Å². The van der Waals surface area contributed by atoms with Crippen LogP contribution in [0.5, 0.6) is 0 Å². The van der Waals surface area contributed by atoms with Gasteiger partial charge in [0.15, 0.2) is 0 Å². The van der Waals surface area contributed by atoms with Gasteiger partial charge in [0.25, 0.3) is 0 Å². The Hall–Kier alpha value is -2.91. The number of hydrogen-bond donors (Lipinski definition) is 1. The molecule has 8 nitrogen and oxygen atoms in total. The average Bonchev–Trinajstić information content (AvgIpc) is 3.04. The fourth-order valence-corrected chi connectivity index (χ4v) is 5.60. The Morgan fingerprint density at radius 1 is 1.00 bits per heavy atom. The van der Waals surface area contributed by atoms with Crippen molar-refractivity contribution in [1.82, 2.24) is 13.4 Å². The predicted molar refractivity (Wildman–Crippen MR) is 126 cm³/mol. The third-order valence-electron chi connectivity index (χ3n) is 5.60. The van der Waals surface area contributed by atoms with Gasteiger partial charge in [-0.25, -0.2) is 13.2 Å². The summed E-state index contributed by atoms with van der Waals surface area (Å²) in [6, 6.07) is 12.4. The number of amides is 1. The zero-order valence-electron chi connectivity index (χ0n) is 19.0. The van der Waals surface area contributed by atoms with Crippen molar-refractivity contribution in [3.05, 3.63) is 58.5 Å². The van der Waals surface area contributed by atoms with Crippen LogP contribution in [0.15, 0.2) is 52.2 Å². The van der Waals surface area contributed by atoms with Crippen LogP contribution in [-0.2, 0) is 27.9 Å². The summed E-state index contributed by atoms with van der Waals surface area (Å²) in [7, 11) is -3.64. The van der Waals surface area contributed by atoms with E-state index in [1.807, 2.05) is 31.2 Å². The number of anilines is 1. The SMILES string of the molecule is CCN(CC)S(=O)(=O)c1cc(NC(=O)CCn2c(=O)n(CC)c3ccccc32)ccc1C. The van der Waals surface area contributed by atoms with Crippen molar-refractivity contribution in [2.45, 2.75) is 52.1 Å². The van der Waals surface area contributed by atoms with Crippen molar-refractivity contribution in [1.29, 1.82) is 0 Å². The van der Waals surface area contributed by atoms with Crippen LogP contribution in [0.2, 0.25) is 0 Å². The zero-order valence-corrected chi connectivity index (χ0v) is 19.8. The van der Waals surface area contributed by atoms with Crippen molar-refractivity contribution >= 4 is 32.7 Å². The average molecular weight is 459 g/mol. The second kappa shape index (κ2) is 9.70. The summed E-state index contributed by atoms with van der Waals surface area (Å²) in [6.45, 7) is 8.74. The van der Waals surface area contributed by atoms with Crippen molar-refractivity contribution in [3.8, 4) is 0 Å². The fourth-order valence-electron chi connectivity index (χ4n) is 3.89. The molecule has 1 N–H and O–H groups in total. The molecule has 0 unspecified atom stereocenters. The van der Waals surface area contributed by atoms with Gasteiger partial charge in [-0.15, -0.1) is 0 Å². The molecule has 0 saturated carbocycles. The first-order chi connectivity index (χ1) is 15.2. The molecule has 0 radical (unpaired) electrons. The van der Waals surface area contributed by atoms with Crippen LogP contribution in [0.1, 0.15) is 32.8 Å². The zero-order chi connectivity index (χ0) is 23.5. The first-order valence-corrected chi connectivity index (χ1v) is 12.3. The van der Waals surface area contributed by atoms with Gasteiger partial charge in [-0.05, 0) is 43.7 Å². The quantitative estimate of drug-likeness (QED) is 0.533. The number of sulfonamides is 1. The van der Waals surface area contributed by atoms with Crippen molar-refractivity contribution in [2.75, 3.05) is 18.4 Å². The summed E-state index contributed by atoms with van der Waals surface area (Å²) in [4.78, 5) is 25.5. The first kappa shape index (κ1) is 23.7. The van der Waals surface area contributed by atoms with Crippen molar-refractivity contribution < 1.29 is 13.2 Å². The number of benzene rings is 2. The highest BCUT2D eigenvalue weighted by molar-refractivity contribution is 7.89. The maximum Gasteiger partial charge on any atom is 0.329 e. The Kier molecular flexibility index (Phi) is 7.20. The number of carbonyl (C=O) groups excluding carboxylic acids is 1. The number of aromatic nitrogens is 2. The molecule has 0 fully saturated rings. The lowest BCUT2D eigenvalue weighted by Crippen LogP contribution is -2.31. The molecule has 3 rings (SSSR count). The van der Waals surface area contributed by atoms with Crippen LogP contribution in [0.4, 0.5) is 5.69 Å². The van der Waals surface area contributed by atoms with E-state index in [1.165, 1.54) is 10.4 Å². The summed E-state index contributed by atoms with van der Waals surface area (Å²) in [5.74, 6) is -0.291. The minimum atomic E-state index is -3.64. The number of para-hydroxylation sites is 2. The number of nitrogens with zero attached hydrogens (tertiary/aromatic N) is 3. The van der Waals surface area contributed by atoms with Crippen LogP contribution in [0, 0.1) is 6.92 Å². The number of imidazole rings is 1.